The molecule has 18 nitrogen and oxygen atoms in total. The molecule has 0 heterocycles. The normalized spacial score (nSPS) is 12.4. The van der Waals surface area contributed by atoms with E-state index >= 15 is 0 Å². The van der Waals surface area contributed by atoms with Crippen molar-refractivity contribution in [2.24, 2.45) is 30.7 Å². The van der Waals surface area contributed by atoms with Crippen LogP contribution in [0.15, 0.2) is 119 Å². The Labute approximate surface area is 275 Å². The number of azo groups is 3. The topological polar surface area (TPSA) is 313 Å². The molecule has 0 fully saturated rings. The van der Waals surface area contributed by atoms with Crippen molar-refractivity contribution >= 4 is 82.5 Å². The van der Waals surface area contributed by atoms with Crippen molar-refractivity contribution in [3.63, 3.8) is 0 Å². The molecule has 0 radical (unpaired) electrons. The van der Waals surface area contributed by atoms with E-state index in [0.29, 0.717) is 11.8 Å². The van der Waals surface area contributed by atoms with E-state index in [0.717, 1.165) is 18.2 Å². The Kier molecular flexibility index (Phi) is 9.05. The second-order valence-electron chi connectivity index (χ2n) is 9.92. The predicted octanol–water partition coefficient (Wildman–Crippen LogP) is 6.85. The molecule has 0 unspecified atom stereocenters. The summed E-state index contributed by atoms with van der Waals surface area (Å²) in [7, 11) is -10.6. The summed E-state index contributed by atoms with van der Waals surface area (Å²) in [6, 6.07) is 17.2. The average molecular weight is 707 g/mol. The monoisotopic (exact) mass is 706 g/mol. The zero-order valence-electron chi connectivity index (χ0n) is 24.4. The molecular weight excluding hydrogens is 684 g/mol. The fourth-order valence-electron chi connectivity index (χ4n) is 4.42. The van der Waals surface area contributed by atoms with Crippen LogP contribution in [0.2, 0.25) is 0 Å². The van der Waals surface area contributed by atoms with Crippen LogP contribution in [0.25, 0.3) is 10.8 Å². The van der Waals surface area contributed by atoms with Crippen LogP contribution in [0.1, 0.15) is 10.4 Å². The van der Waals surface area contributed by atoms with Crippen LogP contribution < -0.4 is 11.5 Å². The second-order valence-corrected chi connectivity index (χ2v) is 12.7. The minimum Gasteiger partial charge on any atom is -0.507 e. The first kappa shape index (κ1) is 34.0. The predicted molar refractivity (Wildman–Crippen MR) is 175 cm³/mol. The molecule has 0 aromatic heterocycles. The van der Waals surface area contributed by atoms with E-state index in [1.54, 1.807) is 18.2 Å². The second kappa shape index (κ2) is 13.0. The van der Waals surface area contributed by atoms with Crippen LogP contribution in [0, 0.1) is 0 Å². The van der Waals surface area contributed by atoms with Crippen molar-refractivity contribution in [1.29, 1.82) is 0 Å². The smallest absolute Gasteiger partial charge is 0.339 e. The minimum atomic E-state index is -5.44. The third kappa shape index (κ3) is 7.16. The summed E-state index contributed by atoms with van der Waals surface area (Å²) in [6.45, 7) is 0. The zero-order chi connectivity index (χ0) is 35.7. The van der Waals surface area contributed by atoms with Crippen LogP contribution in [-0.2, 0) is 20.2 Å². The highest BCUT2D eigenvalue weighted by atomic mass is 32.2. The standard InChI is InChI=1S/C29H22N8O10S2/c30-14-6-8-16(9-7-14)33-36-25-21(48(42,43)44)13-19-22(23(25)31)27(39)26(37-34-17-10-11-20(38)18(12-17)29(40)41)28(49(45,46)47)24(19)35-32-15-4-2-1-3-5-15/h1-13,38-39H,30-31H2,(H,40,41)(H,42,43,44)(H,45,46,47). The summed E-state index contributed by atoms with van der Waals surface area (Å²) < 4.78 is 71.5. The van der Waals surface area contributed by atoms with E-state index in [9.17, 15) is 46.1 Å². The number of nitrogen functional groups attached to an aromatic ring is 2. The molecule has 0 aliphatic heterocycles. The Morgan fingerprint density at radius 2 is 1.18 bits per heavy atom. The Morgan fingerprint density at radius 3 is 1.78 bits per heavy atom. The summed E-state index contributed by atoms with van der Waals surface area (Å²) in [5.41, 5.74) is 8.71. The maximum Gasteiger partial charge on any atom is 0.339 e. The summed E-state index contributed by atoms with van der Waals surface area (Å²) in [5.74, 6) is -3.25. The van der Waals surface area contributed by atoms with Crippen LogP contribution in [-0.4, -0.2) is 47.2 Å². The lowest BCUT2D eigenvalue weighted by Gasteiger charge is -2.16. The molecule has 5 aromatic rings. The lowest BCUT2D eigenvalue weighted by Crippen LogP contribution is -2.04. The van der Waals surface area contributed by atoms with E-state index in [4.69, 9.17) is 11.5 Å². The maximum absolute atomic E-state index is 12.9. The van der Waals surface area contributed by atoms with Crippen molar-refractivity contribution < 1.29 is 46.1 Å². The average Bonchev–Trinajstić information content (AvgIpc) is 3.03. The number of anilines is 2. The lowest BCUT2D eigenvalue weighted by molar-refractivity contribution is 0.0693. The van der Waals surface area contributed by atoms with Gasteiger partial charge in [-0.25, -0.2) is 4.79 Å². The Balaban J connectivity index is 1.90. The molecule has 0 saturated carbocycles. The highest BCUT2D eigenvalue weighted by molar-refractivity contribution is 7.86. The molecule has 49 heavy (non-hydrogen) atoms. The SMILES string of the molecule is Nc1ccc(N=Nc2c(S(=O)(=O)O)cc3c(N=Nc4ccccc4)c(S(=O)(=O)O)c(N=Nc4ccc(O)c(C(=O)O)c4)c(O)c3c2N)cc1. The van der Waals surface area contributed by atoms with Gasteiger partial charge in [-0.2, -0.15) is 32.2 Å². The molecule has 5 aromatic carbocycles. The number of carbonyl (C=O) groups is 1. The van der Waals surface area contributed by atoms with Crippen LogP contribution in [0.3, 0.4) is 0 Å². The largest absolute Gasteiger partial charge is 0.507 e. The van der Waals surface area contributed by atoms with Gasteiger partial charge in [-0.3, -0.25) is 9.11 Å². The number of hydrogen-bond donors (Lipinski definition) is 7. The van der Waals surface area contributed by atoms with E-state index in [2.05, 4.69) is 30.7 Å². The quantitative estimate of drug-likeness (QED) is 0.0470. The molecule has 0 bridgehead atoms. The number of nitrogens with zero attached hydrogens (tertiary/aromatic N) is 6. The van der Waals surface area contributed by atoms with Gasteiger partial charge in [0.1, 0.15) is 27.6 Å². The highest BCUT2D eigenvalue weighted by Gasteiger charge is 2.32. The molecule has 0 aliphatic carbocycles. The molecule has 9 N–H and O–H groups in total. The summed E-state index contributed by atoms with van der Waals surface area (Å²) in [4.78, 5) is 9.27. The van der Waals surface area contributed by atoms with Crippen molar-refractivity contribution in [3.05, 3.63) is 84.4 Å². The van der Waals surface area contributed by atoms with Gasteiger partial charge < -0.3 is 26.8 Å². The minimum absolute atomic E-state index is 0.162. The number of carboxylic acid groups (broad SMARTS) is 1. The molecule has 0 spiro atoms. The number of aromatic carboxylic acids is 1. The molecule has 0 amide bonds. The van der Waals surface area contributed by atoms with Gasteiger partial charge in [-0.15, -0.1) is 15.3 Å². The van der Waals surface area contributed by atoms with Gasteiger partial charge in [0.2, 0.25) is 0 Å². The number of rotatable bonds is 9. The Bertz CT molecular complexity index is 2450. The van der Waals surface area contributed by atoms with Gasteiger partial charge in [-0.1, -0.05) is 18.2 Å². The molecule has 0 aliphatic rings. The van der Waals surface area contributed by atoms with Crippen molar-refractivity contribution in [2.45, 2.75) is 9.79 Å². The maximum atomic E-state index is 12.9. The van der Waals surface area contributed by atoms with E-state index < -0.39 is 86.6 Å². The summed E-state index contributed by atoms with van der Waals surface area (Å²) >= 11 is 0. The van der Waals surface area contributed by atoms with Gasteiger partial charge in [0.05, 0.1) is 28.1 Å². The molecular formula is C29H22N8O10S2. The number of hydrogen-bond acceptors (Lipinski definition) is 15. The fraction of sp³-hybridized carbons (Fsp3) is 0. The molecule has 5 rings (SSSR count). The van der Waals surface area contributed by atoms with Crippen LogP contribution in [0.5, 0.6) is 11.5 Å². The number of nitrogens with two attached hydrogens (primary N) is 2. The van der Waals surface area contributed by atoms with Gasteiger partial charge in [0.25, 0.3) is 20.2 Å². The zero-order valence-corrected chi connectivity index (χ0v) is 26.1. The third-order valence-electron chi connectivity index (χ3n) is 6.64. The number of fused-ring (bicyclic) bond motifs is 1. The first-order valence-electron chi connectivity index (χ1n) is 13.4. The van der Waals surface area contributed by atoms with Crippen molar-refractivity contribution in [2.75, 3.05) is 11.5 Å². The van der Waals surface area contributed by atoms with Crippen LogP contribution >= 0.6 is 0 Å². The van der Waals surface area contributed by atoms with E-state index in [1.165, 1.54) is 36.4 Å². The van der Waals surface area contributed by atoms with E-state index in [-0.39, 0.29) is 17.1 Å². The van der Waals surface area contributed by atoms with E-state index in [1.807, 2.05) is 0 Å². The number of phenolic OH excluding ortho intramolecular Hbond substituents is 1. The van der Waals surface area contributed by atoms with Gasteiger partial charge >= 0.3 is 5.97 Å². The number of phenols is 2. The Morgan fingerprint density at radius 1 is 0.633 bits per heavy atom. The number of aromatic hydroxyl groups is 2. The third-order valence-corrected chi connectivity index (χ3v) is 8.41. The molecule has 0 saturated heterocycles. The number of carboxylic acids is 1. The molecule has 0 atom stereocenters. The van der Waals surface area contributed by atoms with Crippen LogP contribution in [0.4, 0.5) is 45.5 Å². The fourth-order valence-corrected chi connectivity index (χ4v) is 5.86. The molecule has 250 valence electrons. The number of benzene rings is 5. The lowest BCUT2D eigenvalue weighted by atomic mass is 10.0. The summed E-state index contributed by atoms with van der Waals surface area (Å²) in [6.07, 6.45) is 0. The summed E-state index contributed by atoms with van der Waals surface area (Å²) in [5, 5.41) is 52.8. The highest BCUT2D eigenvalue weighted by Crippen LogP contribution is 2.53. The first-order valence-corrected chi connectivity index (χ1v) is 16.3. The van der Waals surface area contributed by atoms with Crippen molar-refractivity contribution in [3.8, 4) is 11.5 Å². The van der Waals surface area contributed by atoms with Gasteiger partial charge in [0.15, 0.2) is 16.3 Å². The first-order chi connectivity index (χ1) is 23.1. The molecule has 20 heteroatoms. The Hall–Kier alpha value is -6.35. The van der Waals surface area contributed by atoms with Crippen molar-refractivity contribution in [1.82, 2.24) is 0 Å². The van der Waals surface area contributed by atoms with Gasteiger partial charge in [-0.05, 0) is 60.7 Å². The van der Waals surface area contributed by atoms with Gasteiger partial charge in [0, 0.05) is 11.1 Å².